The first-order valence-electron chi connectivity index (χ1n) is 4.72. The molecule has 2 aliphatic rings. The Bertz CT molecular complexity index is 350. The summed E-state index contributed by atoms with van der Waals surface area (Å²) in [6.45, 7) is 0. The van der Waals surface area contributed by atoms with Crippen LogP contribution in [-0.2, 0) is 9.59 Å². The fraction of sp³-hybridized carbons (Fsp3) is 0.556. The van der Waals surface area contributed by atoms with Gasteiger partial charge in [-0.2, -0.15) is 10.2 Å². The van der Waals surface area contributed by atoms with Crippen LogP contribution in [-0.4, -0.2) is 47.4 Å². The third kappa shape index (κ3) is 1.88. The SMILES string of the molecule is CN1N=C(CC2=NN(C)C(=O)C2)CC1=O. The maximum Gasteiger partial charge on any atom is 0.248 e. The van der Waals surface area contributed by atoms with Crippen molar-refractivity contribution in [3.05, 3.63) is 0 Å². The van der Waals surface area contributed by atoms with Crippen LogP contribution in [0.4, 0.5) is 0 Å². The summed E-state index contributed by atoms with van der Waals surface area (Å²) >= 11 is 0. The molecule has 2 heterocycles. The predicted octanol–water partition coefficient (Wildman–Crippen LogP) is -0.187. The average Bonchev–Trinajstić information content (AvgIpc) is 2.59. The maximum atomic E-state index is 11.2. The number of rotatable bonds is 2. The molecule has 0 aromatic rings. The Morgan fingerprint density at radius 1 is 1.00 bits per heavy atom. The van der Waals surface area contributed by atoms with Crippen LogP contribution in [0.15, 0.2) is 10.2 Å². The van der Waals surface area contributed by atoms with E-state index < -0.39 is 0 Å². The molecule has 0 atom stereocenters. The highest BCUT2D eigenvalue weighted by Gasteiger charge is 2.25. The molecule has 15 heavy (non-hydrogen) atoms. The van der Waals surface area contributed by atoms with Crippen molar-refractivity contribution in [3.8, 4) is 0 Å². The van der Waals surface area contributed by atoms with E-state index in [-0.39, 0.29) is 11.8 Å². The van der Waals surface area contributed by atoms with Crippen LogP contribution in [0.1, 0.15) is 19.3 Å². The fourth-order valence-electron chi connectivity index (χ4n) is 1.62. The third-order valence-corrected chi connectivity index (χ3v) is 2.42. The van der Waals surface area contributed by atoms with Gasteiger partial charge < -0.3 is 0 Å². The lowest BCUT2D eigenvalue weighted by Gasteiger charge is -1.99. The van der Waals surface area contributed by atoms with Crippen LogP contribution in [0, 0.1) is 0 Å². The smallest absolute Gasteiger partial charge is 0.248 e. The van der Waals surface area contributed by atoms with Crippen LogP contribution in [0.5, 0.6) is 0 Å². The highest BCUT2D eigenvalue weighted by Crippen LogP contribution is 2.14. The molecule has 0 saturated heterocycles. The van der Waals surface area contributed by atoms with Crippen molar-refractivity contribution in [2.45, 2.75) is 19.3 Å². The molecule has 6 nitrogen and oxygen atoms in total. The minimum Gasteiger partial charge on any atom is -0.273 e. The summed E-state index contributed by atoms with van der Waals surface area (Å²) < 4.78 is 0. The molecule has 2 aliphatic heterocycles. The summed E-state index contributed by atoms with van der Waals surface area (Å²) in [7, 11) is 3.26. The topological polar surface area (TPSA) is 65.3 Å². The molecule has 2 amide bonds. The monoisotopic (exact) mass is 208 g/mol. The van der Waals surface area contributed by atoms with Crippen LogP contribution < -0.4 is 0 Å². The van der Waals surface area contributed by atoms with Gasteiger partial charge in [-0.3, -0.25) is 9.59 Å². The van der Waals surface area contributed by atoms with Gasteiger partial charge in [0.25, 0.3) is 0 Å². The number of amides is 2. The first-order chi connectivity index (χ1) is 7.06. The largest absolute Gasteiger partial charge is 0.273 e. The Balaban J connectivity index is 2.00. The van der Waals surface area contributed by atoms with E-state index in [0.717, 1.165) is 11.4 Å². The lowest BCUT2D eigenvalue weighted by Crippen LogP contribution is -2.14. The lowest BCUT2D eigenvalue weighted by atomic mass is 10.1. The second kappa shape index (κ2) is 3.45. The van der Waals surface area contributed by atoms with Gasteiger partial charge in [-0.25, -0.2) is 10.0 Å². The predicted molar refractivity (Wildman–Crippen MR) is 54.3 cm³/mol. The van der Waals surface area contributed by atoms with Crippen molar-refractivity contribution in [3.63, 3.8) is 0 Å². The first-order valence-corrected chi connectivity index (χ1v) is 4.72. The molecular formula is C9H12N4O2. The standard InChI is InChI=1S/C9H12N4O2/c1-12-8(14)4-6(10-12)3-7-5-9(15)13(2)11-7/h3-5H2,1-2H3. The first kappa shape index (κ1) is 9.82. The van der Waals surface area contributed by atoms with Crippen molar-refractivity contribution in [1.82, 2.24) is 10.0 Å². The van der Waals surface area contributed by atoms with Crippen LogP contribution in [0.3, 0.4) is 0 Å². The zero-order chi connectivity index (χ0) is 11.0. The summed E-state index contributed by atoms with van der Waals surface area (Å²) in [6.07, 6.45) is 1.20. The van der Waals surface area contributed by atoms with Crippen molar-refractivity contribution in [1.29, 1.82) is 0 Å². The second-order valence-corrected chi connectivity index (χ2v) is 3.70. The molecule has 0 aromatic carbocycles. The van der Waals surface area contributed by atoms with Gasteiger partial charge in [0.1, 0.15) is 0 Å². The lowest BCUT2D eigenvalue weighted by molar-refractivity contribution is -0.128. The van der Waals surface area contributed by atoms with Gasteiger partial charge in [-0.15, -0.1) is 0 Å². The van der Waals surface area contributed by atoms with E-state index in [4.69, 9.17) is 0 Å². The molecule has 0 bridgehead atoms. The minimum atomic E-state index is -0.0109. The maximum absolute atomic E-state index is 11.2. The average molecular weight is 208 g/mol. The van der Waals surface area contributed by atoms with Crippen molar-refractivity contribution in [2.75, 3.05) is 14.1 Å². The highest BCUT2D eigenvalue weighted by molar-refractivity contribution is 6.17. The van der Waals surface area contributed by atoms with Crippen LogP contribution >= 0.6 is 0 Å². The minimum absolute atomic E-state index is 0.0109. The van der Waals surface area contributed by atoms with Crippen LogP contribution in [0.25, 0.3) is 0 Å². The number of hydrogen-bond acceptors (Lipinski definition) is 4. The van der Waals surface area contributed by atoms with Crippen molar-refractivity contribution in [2.24, 2.45) is 10.2 Å². The van der Waals surface area contributed by atoms with E-state index in [1.54, 1.807) is 14.1 Å². The Labute approximate surface area is 87.2 Å². The molecular weight excluding hydrogens is 196 g/mol. The molecule has 0 spiro atoms. The summed E-state index contributed by atoms with van der Waals surface area (Å²) in [5, 5.41) is 10.8. The van der Waals surface area contributed by atoms with E-state index in [0.29, 0.717) is 19.3 Å². The Morgan fingerprint density at radius 2 is 1.40 bits per heavy atom. The molecule has 6 heteroatoms. The number of nitrogens with zero attached hydrogens (tertiary/aromatic N) is 4. The van der Waals surface area contributed by atoms with Gasteiger partial charge in [0.05, 0.1) is 24.3 Å². The normalized spacial score (nSPS) is 21.2. The second-order valence-electron chi connectivity index (χ2n) is 3.70. The van der Waals surface area contributed by atoms with E-state index in [2.05, 4.69) is 10.2 Å². The fourth-order valence-corrected chi connectivity index (χ4v) is 1.62. The summed E-state index contributed by atoms with van der Waals surface area (Å²) in [5.74, 6) is -0.0217. The summed E-state index contributed by atoms with van der Waals surface area (Å²) in [5.41, 5.74) is 1.56. The van der Waals surface area contributed by atoms with Crippen molar-refractivity contribution >= 4 is 23.2 Å². The van der Waals surface area contributed by atoms with E-state index in [1.165, 1.54) is 10.0 Å². The van der Waals surface area contributed by atoms with Gasteiger partial charge >= 0.3 is 0 Å². The molecule has 0 aliphatic carbocycles. The molecule has 0 unspecified atom stereocenters. The molecule has 0 fully saturated rings. The number of carbonyl (C=O) groups excluding carboxylic acids is 2. The van der Waals surface area contributed by atoms with E-state index >= 15 is 0 Å². The quantitative estimate of drug-likeness (QED) is 0.631. The third-order valence-electron chi connectivity index (χ3n) is 2.42. The van der Waals surface area contributed by atoms with Gasteiger partial charge in [0.2, 0.25) is 11.8 Å². The van der Waals surface area contributed by atoms with Gasteiger partial charge in [-0.1, -0.05) is 0 Å². The Hall–Kier alpha value is -1.72. The summed E-state index contributed by atoms with van der Waals surface area (Å²) in [6, 6.07) is 0. The van der Waals surface area contributed by atoms with E-state index in [9.17, 15) is 9.59 Å². The van der Waals surface area contributed by atoms with Crippen molar-refractivity contribution < 1.29 is 9.59 Å². The molecule has 0 saturated carbocycles. The molecule has 0 radical (unpaired) electrons. The van der Waals surface area contributed by atoms with Crippen LogP contribution in [0.2, 0.25) is 0 Å². The Morgan fingerprint density at radius 3 is 1.67 bits per heavy atom. The molecule has 0 aromatic heterocycles. The molecule has 2 rings (SSSR count). The number of hydrazone groups is 2. The summed E-state index contributed by atoms with van der Waals surface area (Å²) in [4.78, 5) is 22.4. The molecule has 80 valence electrons. The Kier molecular flexibility index (Phi) is 2.26. The zero-order valence-electron chi connectivity index (χ0n) is 8.73. The van der Waals surface area contributed by atoms with Gasteiger partial charge in [0.15, 0.2) is 0 Å². The number of hydrogen-bond donors (Lipinski definition) is 0. The number of carbonyl (C=O) groups is 2. The highest BCUT2D eigenvalue weighted by atomic mass is 16.2. The van der Waals surface area contributed by atoms with Gasteiger partial charge in [-0.05, 0) is 0 Å². The molecule has 0 N–H and O–H groups in total. The van der Waals surface area contributed by atoms with E-state index in [1.807, 2.05) is 0 Å². The van der Waals surface area contributed by atoms with Gasteiger partial charge in [0, 0.05) is 20.5 Å². The zero-order valence-corrected chi connectivity index (χ0v) is 8.73.